The smallest absolute Gasteiger partial charge is 0.127 e. The van der Waals surface area contributed by atoms with Gasteiger partial charge in [-0.25, -0.2) is 0 Å². The first-order chi connectivity index (χ1) is 9.81. The summed E-state index contributed by atoms with van der Waals surface area (Å²) >= 11 is 0. The summed E-state index contributed by atoms with van der Waals surface area (Å²) in [5.41, 5.74) is 2.44. The topological polar surface area (TPSA) is 39.1 Å². The molecule has 4 nitrogen and oxygen atoms in total. The predicted molar refractivity (Wildman–Crippen MR) is 79.6 cm³/mol. The SMILES string of the molecule is CC(Cn1cccn1)NCC1=Cc2ccccc2OC1. The zero-order chi connectivity index (χ0) is 13.8. The molecule has 0 fully saturated rings. The highest BCUT2D eigenvalue weighted by atomic mass is 16.5. The van der Waals surface area contributed by atoms with Crippen LogP contribution in [-0.4, -0.2) is 29.0 Å². The molecule has 3 rings (SSSR count). The fourth-order valence-electron chi connectivity index (χ4n) is 2.32. The predicted octanol–water partition coefficient (Wildman–Crippen LogP) is 2.34. The van der Waals surface area contributed by atoms with E-state index >= 15 is 0 Å². The average Bonchev–Trinajstić information content (AvgIpc) is 2.98. The Morgan fingerprint density at radius 3 is 3.10 bits per heavy atom. The minimum atomic E-state index is 0.368. The molecule has 0 saturated carbocycles. The van der Waals surface area contributed by atoms with Crippen LogP contribution in [0, 0.1) is 0 Å². The summed E-state index contributed by atoms with van der Waals surface area (Å²) in [7, 11) is 0. The van der Waals surface area contributed by atoms with Crippen molar-refractivity contribution in [1.82, 2.24) is 15.1 Å². The summed E-state index contributed by atoms with van der Waals surface area (Å²) in [6.45, 7) is 4.55. The zero-order valence-electron chi connectivity index (χ0n) is 11.6. The van der Waals surface area contributed by atoms with E-state index in [4.69, 9.17) is 4.74 Å². The number of rotatable bonds is 5. The average molecular weight is 269 g/mol. The molecular weight excluding hydrogens is 250 g/mol. The lowest BCUT2D eigenvalue weighted by molar-refractivity contribution is 0.339. The number of ether oxygens (including phenoxy) is 1. The lowest BCUT2D eigenvalue weighted by Gasteiger charge is -2.20. The monoisotopic (exact) mass is 269 g/mol. The van der Waals surface area contributed by atoms with E-state index in [2.05, 4.69) is 29.5 Å². The first-order valence-corrected chi connectivity index (χ1v) is 6.93. The van der Waals surface area contributed by atoms with Crippen molar-refractivity contribution >= 4 is 6.08 Å². The summed E-state index contributed by atoms with van der Waals surface area (Å²) in [6, 6.07) is 10.4. The molecule has 0 spiro atoms. The van der Waals surface area contributed by atoms with Crippen molar-refractivity contribution in [3.8, 4) is 5.75 Å². The lowest BCUT2D eigenvalue weighted by atomic mass is 10.1. The molecule has 2 aromatic rings. The molecule has 1 aliphatic heterocycles. The third-order valence-electron chi connectivity index (χ3n) is 3.39. The van der Waals surface area contributed by atoms with E-state index < -0.39 is 0 Å². The minimum Gasteiger partial charge on any atom is -0.489 e. The fraction of sp³-hybridized carbons (Fsp3) is 0.312. The van der Waals surface area contributed by atoms with E-state index in [0.717, 1.165) is 24.4 Å². The van der Waals surface area contributed by atoms with E-state index in [-0.39, 0.29) is 0 Å². The molecular formula is C16H19N3O. The Hall–Kier alpha value is -2.07. The fourth-order valence-corrected chi connectivity index (χ4v) is 2.32. The van der Waals surface area contributed by atoms with Crippen molar-refractivity contribution in [3.63, 3.8) is 0 Å². The highest BCUT2D eigenvalue weighted by Crippen LogP contribution is 2.25. The van der Waals surface area contributed by atoms with Gasteiger partial charge in [-0.2, -0.15) is 5.10 Å². The van der Waals surface area contributed by atoms with Gasteiger partial charge in [0.15, 0.2) is 0 Å². The molecule has 1 aromatic heterocycles. The quantitative estimate of drug-likeness (QED) is 0.905. The van der Waals surface area contributed by atoms with Crippen molar-refractivity contribution in [1.29, 1.82) is 0 Å². The van der Waals surface area contributed by atoms with Gasteiger partial charge >= 0.3 is 0 Å². The Morgan fingerprint density at radius 2 is 2.25 bits per heavy atom. The Kier molecular flexibility index (Phi) is 3.83. The van der Waals surface area contributed by atoms with Crippen LogP contribution in [-0.2, 0) is 6.54 Å². The number of nitrogens with one attached hydrogen (secondary N) is 1. The molecule has 2 heterocycles. The highest BCUT2D eigenvalue weighted by molar-refractivity contribution is 5.62. The second-order valence-electron chi connectivity index (χ2n) is 5.14. The molecule has 1 unspecified atom stereocenters. The number of hydrogen-bond donors (Lipinski definition) is 1. The van der Waals surface area contributed by atoms with Crippen molar-refractivity contribution in [2.24, 2.45) is 0 Å². The summed E-state index contributed by atoms with van der Waals surface area (Å²) < 4.78 is 7.69. The van der Waals surface area contributed by atoms with Crippen LogP contribution < -0.4 is 10.1 Å². The number of fused-ring (bicyclic) bond motifs is 1. The van der Waals surface area contributed by atoms with Crippen LogP contribution in [0.2, 0.25) is 0 Å². The number of nitrogens with zero attached hydrogens (tertiary/aromatic N) is 2. The van der Waals surface area contributed by atoms with Crippen molar-refractivity contribution in [2.75, 3.05) is 13.2 Å². The third-order valence-corrected chi connectivity index (χ3v) is 3.39. The maximum Gasteiger partial charge on any atom is 0.127 e. The van der Waals surface area contributed by atoms with Crippen LogP contribution in [0.15, 0.2) is 48.3 Å². The Morgan fingerprint density at radius 1 is 1.35 bits per heavy atom. The van der Waals surface area contributed by atoms with E-state index in [1.807, 2.05) is 35.1 Å². The van der Waals surface area contributed by atoms with Gasteiger partial charge in [-0.1, -0.05) is 18.2 Å². The molecule has 104 valence electrons. The molecule has 0 saturated heterocycles. The number of aromatic nitrogens is 2. The Labute approximate surface area is 119 Å². The van der Waals surface area contributed by atoms with Gasteiger partial charge in [-0.3, -0.25) is 4.68 Å². The molecule has 1 N–H and O–H groups in total. The van der Waals surface area contributed by atoms with E-state index in [1.165, 1.54) is 5.57 Å². The summed E-state index contributed by atoms with van der Waals surface area (Å²) in [5.74, 6) is 0.973. The molecule has 0 bridgehead atoms. The zero-order valence-corrected chi connectivity index (χ0v) is 11.6. The van der Waals surface area contributed by atoms with E-state index in [1.54, 1.807) is 6.20 Å². The third kappa shape index (κ3) is 3.08. The van der Waals surface area contributed by atoms with Crippen LogP contribution in [0.3, 0.4) is 0 Å². The van der Waals surface area contributed by atoms with Gasteiger partial charge in [0.25, 0.3) is 0 Å². The molecule has 0 aliphatic carbocycles. The second kappa shape index (κ2) is 5.92. The standard InChI is InChI=1S/C16H19N3O/c1-13(11-19-8-4-7-18-19)17-10-14-9-15-5-2-3-6-16(15)20-12-14/h2-9,13,17H,10-12H2,1H3. The van der Waals surface area contributed by atoms with Crippen LogP contribution >= 0.6 is 0 Å². The highest BCUT2D eigenvalue weighted by Gasteiger charge is 2.11. The van der Waals surface area contributed by atoms with Crippen molar-refractivity contribution in [3.05, 3.63) is 53.9 Å². The van der Waals surface area contributed by atoms with E-state index in [9.17, 15) is 0 Å². The van der Waals surface area contributed by atoms with Gasteiger partial charge in [0.2, 0.25) is 0 Å². The van der Waals surface area contributed by atoms with Crippen LogP contribution in [0.5, 0.6) is 5.75 Å². The van der Waals surface area contributed by atoms with Gasteiger partial charge in [0.1, 0.15) is 12.4 Å². The Balaban J connectivity index is 1.55. The summed E-state index contributed by atoms with van der Waals surface area (Å²) in [4.78, 5) is 0. The molecule has 1 aliphatic rings. The number of benzene rings is 1. The maximum atomic E-state index is 5.75. The first-order valence-electron chi connectivity index (χ1n) is 6.93. The first kappa shape index (κ1) is 12.9. The molecule has 1 aromatic carbocycles. The van der Waals surface area contributed by atoms with Gasteiger partial charge < -0.3 is 10.1 Å². The molecule has 1 atom stereocenters. The lowest BCUT2D eigenvalue weighted by Crippen LogP contribution is -2.33. The van der Waals surface area contributed by atoms with Gasteiger partial charge in [-0.05, 0) is 30.7 Å². The normalized spacial score (nSPS) is 15.2. The van der Waals surface area contributed by atoms with Crippen molar-refractivity contribution < 1.29 is 4.74 Å². The van der Waals surface area contributed by atoms with Gasteiger partial charge in [-0.15, -0.1) is 0 Å². The van der Waals surface area contributed by atoms with Crippen LogP contribution in [0.25, 0.3) is 6.08 Å². The van der Waals surface area contributed by atoms with Crippen LogP contribution in [0.1, 0.15) is 12.5 Å². The maximum absolute atomic E-state index is 5.75. The molecule has 0 amide bonds. The Bertz CT molecular complexity index is 590. The minimum absolute atomic E-state index is 0.368. The molecule has 4 heteroatoms. The summed E-state index contributed by atoms with van der Waals surface area (Å²) in [5, 5.41) is 7.73. The van der Waals surface area contributed by atoms with Gasteiger partial charge in [0.05, 0.1) is 6.54 Å². The molecule has 0 radical (unpaired) electrons. The van der Waals surface area contributed by atoms with Gasteiger partial charge in [0, 0.05) is 30.5 Å². The van der Waals surface area contributed by atoms with Crippen molar-refractivity contribution in [2.45, 2.75) is 19.5 Å². The second-order valence-corrected chi connectivity index (χ2v) is 5.14. The molecule has 20 heavy (non-hydrogen) atoms. The number of para-hydroxylation sites is 1. The van der Waals surface area contributed by atoms with E-state index in [0.29, 0.717) is 12.6 Å². The largest absolute Gasteiger partial charge is 0.489 e. The summed E-state index contributed by atoms with van der Waals surface area (Å²) in [6.07, 6.45) is 6.00. The van der Waals surface area contributed by atoms with Crippen LogP contribution in [0.4, 0.5) is 0 Å². The number of hydrogen-bond acceptors (Lipinski definition) is 3.